The van der Waals surface area contributed by atoms with Gasteiger partial charge in [-0.3, -0.25) is 4.57 Å². The summed E-state index contributed by atoms with van der Waals surface area (Å²) in [6.07, 6.45) is 8.68. The van der Waals surface area contributed by atoms with Crippen molar-refractivity contribution >= 4 is 44.2 Å². The number of benzene rings is 8. The maximum Gasteiger partial charge on any atom is 0.209 e. The van der Waals surface area contributed by atoms with Crippen LogP contribution in [0.15, 0.2) is 211 Å². The molecule has 1 aliphatic heterocycles. The number of aliphatic imine (C=N–C) groups is 1. The van der Waals surface area contributed by atoms with Crippen LogP contribution in [0.4, 0.5) is 0 Å². The summed E-state index contributed by atoms with van der Waals surface area (Å²) in [5.74, 6) is 0.814. The van der Waals surface area contributed by atoms with Gasteiger partial charge < -0.3 is 5.32 Å². The second-order valence-electron chi connectivity index (χ2n) is 16.8. The largest absolute Gasteiger partial charge is 0.345 e. The van der Waals surface area contributed by atoms with E-state index in [0.717, 1.165) is 33.8 Å². The lowest BCUT2D eigenvalue weighted by Crippen LogP contribution is -2.42. The minimum Gasteiger partial charge on any atom is -0.345 e. The molecule has 0 saturated heterocycles. The SMILES string of the molecule is CC1(C)c2ccccc2-c2ccc(-c3ccc(-c4cccc5c6ccccc6n(C6=NC(c7ccc(-c8cccc9ccccc89)cc7)=C7C=CC=CC7N6)c45)cc3)cc21. The maximum absolute atomic E-state index is 5.54. The van der Waals surface area contributed by atoms with Gasteiger partial charge in [-0.25, -0.2) is 4.99 Å². The number of fused-ring (bicyclic) bond motifs is 8. The molecule has 3 aliphatic rings. The van der Waals surface area contributed by atoms with Gasteiger partial charge in [-0.05, 0) is 73.0 Å². The van der Waals surface area contributed by atoms with E-state index in [0.29, 0.717) is 0 Å². The van der Waals surface area contributed by atoms with E-state index in [1.807, 2.05) is 0 Å². The zero-order valence-electron chi connectivity index (χ0n) is 33.5. The van der Waals surface area contributed by atoms with Crippen LogP contribution in [-0.4, -0.2) is 16.6 Å². The van der Waals surface area contributed by atoms with Gasteiger partial charge in [-0.2, -0.15) is 0 Å². The molecule has 1 unspecified atom stereocenters. The second kappa shape index (κ2) is 13.3. The number of allylic oxidation sites excluding steroid dienone is 2. The molecule has 284 valence electrons. The van der Waals surface area contributed by atoms with Crippen molar-refractivity contribution in [2.75, 3.05) is 0 Å². The number of aromatic nitrogens is 1. The van der Waals surface area contributed by atoms with Crippen LogP contribution in [0.5, 0.6) is 0 Å². The lowest BCUT2D eigenvalue weighted by atomic mass is 9.81. The first-order valence-corrected chi connectivity index (χ1v) is 20.9. The van der Waals surface area contributed by atoms with Crippen molar-refractivity contribution in [3.05, 3.63) is 222 Å². The second-order valence-corrected chi connectivity index (χ2v) is 16.8. The Bertz CT molecular complexity index is 3350. The van der Waals surface area contributed by atoms with Crippen LogP contribution >= 0.6 is 0 Å². The highest BCUT2D eigenvalue weighted by Crippen LogP contribution is 2.49. The van der Waals surface area contributed by atoms with Gasteiger partial charge in [0, 0.05) is 32.9 Å². The lowest BCUT2D eigenvalue weighted by molar-refractivity contribution is 0.660. The quantitative estimate of drug-likeness (QED) is 0.190. The number of rotatable bonds is 4. The normalized spacial score (nSPS) is 16.2. The molecular formula is C57H41N3. The van der Waals surface area contributed by atoms with Gasteiger partial charge in [0.25, 0.3) is 0 Å². The molecule has 0 saturated carbocycles. The van der Waals surface area contributed by atoms with Crippen molar-refractivity contribution < 1.29 is 0 Å². The van der Waals surface area contributed by atoms with E-state index in [-0.39, 0.29) is 11.5 Å². The maximum atomic E-state index is 5.54. The number of hydrogen-bond acceptors (Lipinski definition) is 2. The molecule has 0 radical (unpaired) electrons. The highest BCUT2D eigenvalue weighted by atomic mass is 15.2. The van der Waals surface area contributed by atoms with Gasteiger partial charge in [0.15, 0.2) is 0 Å². The predicted octanol–water partition coefficient (Wildman–Crippen LogP) is 14.0. The van der Waals surface area contributed by atoms with E-state index < -0.39 is 0 Å². The topological polar surface area (TPSA) is 29.3 Å². The van der Waals surface area contributed by atoms with Crippen molar-refractivity contribution in [3.8, 4) is 44.5 Å². The summed E-state index contributed by atoms with van der Waals surface area (Å²) in [5.41, 5.74) is 18.1. The first kappa shape index (κ1) is 34.5. The molecule has 0 bridgehead atoms. The van der Waals surface area contributed by atoms with Crippen LogP contribution in [0.1, 0.15) is 30.5 Å². The Morgan fingerprint density at radius 1 is 0.500 bits per heavy atom. The van der Waals surface area contributed by atoms with Gasteiger partial charge >= 0.3 is 0 Å². The molecule has 1 aromatic heterocycles. The van der Waals surface area contributed by atoms with Gasteiger partial charge in [0.1, 0.15) is 0 Å². The monoisotopic (exact) mass is 767 g/mol. The summed E-state index contributed by atoms with van der Waals surface area (Å²) < 4.78 is 2.35. The molecule has 3 heteroatoms. The van der Waals surface area contributed by atoms with E-state index in [4.69, 9.17) is 4.99 Å². The first-order chi connectivity index (χ1) is 29.5. The number of para-hydroxylation sites is 2. The summed E-state index contributed by atoms with van der Waals surface area (Å²) in [4.78, 5) is 5.54. The third-order valence-corrected chi connectivity index (χ3v) is 13.1. The Labute approximate surface area is 350 Å². The predicted molar refractivity (Wildman–Crippen MR) is 252 cm³/mol. The van der Waals surface area contributed by atoms with Crippen LogP contribution in [0.3, 0.4) is 0 Å². The molecule has 1 atom stereocenters. The summed E-state index contributed by atoms with van der Waals surface area (Å²) >= 11 is 0. The van der Waals surface area contributed by atoms with E-state index in [2.05, 4.69) is 224 Å². The lowest BCUT2D eigenvalue weighted by Gasteiger charge is -2.29. The van der Waals surface area contributed by atoms with Crippen LogP contribution in [0.25, 0.3) is 82.8 Å². The minimum absolute atomic E-state index is 0.0250. The molecule has 60 heavy (non-hydrogen) atoms. The van der Waals surface area contributed by atoms with E-state index in [1.54, 1.807) is 0 Å². The van der Waals surface area contributed by atoms with Crippen LogP contribution in [0.2, 0.25) is 0 Å². The summed E-state index contributed by atoms with van der Waals surface area (Å²) in [5, 5.41) is 8.76. The van der Waals surface area contributed by atoms with Gasteiger partial charge in [-0.1, -0.05) is 202 Å². The van der Waals surface area contributed by atoms with Crippen molar-refractivity contribution in [1.29, 1.82) is 0 Å². The smallest absolute Gasteiger partial charge is 0.209 e. The summed E-state index contributed by atoms with van der Waals surface area (Å²) in [6.45, 7) is 4.69. The summed E-state index contributed by atoms with van der Waals surface area (Å²) in [7, 11) is 0. The average molecular weight is 768 g/mol. The zero-order valence-corrected chi connectivity index (χ0v) is 33.5. The minimum atomic E-state index is -0.0404. The Morgan fingerprint density at radius 3 is 1.98 bits per heavy atom. The number of hydrogen-bond donors (Lipinski definition) is 1. The number of nitrogens with zero attached hydrogens (tertiary/aromatic N) is 2. The third kappa shape index (κ3) is 5.25. The molecule has 2 aliphatic carbocycles. The molecule has 1 N–H and O–H groups in total. The van der Waals surface area contributed by atoms with Crippen molar-refractivity contribution in [1.82, 2.24) is 9.88 Å². The Kier molecular flexibility index (Phi) is 7.64. The highest BCUT2D eigenvalue weighted by molar-refractivity contribution is 6.18. The molecule has 2 heterocycles. The molecule has 0 fully saturated rings. The molecule has 0 spiro atoms. The summed E-state index contributed by atoms with van der Waals surface area (Å²) in [6, 6.07) is 64.4. The van der Waals surface area contributed by atoms with Crippen molar-refractivity contribution in [3.63, 3.8) is 0 Å². The van der Waals surface area contributed by atoms with Crippen LogP contribution < -0.4 is 5.32 Å². The van der Waals surface area contributed by atoms with Gasteiger partial charge in [0.05, 0.1) is 22.8 Å². The average Bonchev–Trinajstić information content (AvgIpc) is 3.77. The van der Waals surface area contributed by atoms with E-state index in [9.17, 15) is 0 Å². The molecular weight excluding hydrogens is 727 g/mol. The Morgan fingerprint density at radius 2 is 1.12 bits per heavy atom. The third-order valence-electron chi connectivity index (χ3n) is 13.1. The first-order valence-electron chi connectivity index (χ1n) is 20.9. The van der Waals surface area contributed by atoms with Gasteiger partial charge in [-0.15, -0.1) is 0 Å². The van der Waals surface area contributed by atoms with E-state index >= 15 is 0 Å². The Balaban J connectivity index is 0.966. The fourth-order valence-corrected chi connectivity index (χ4v) is 10.1. The number of nitrogens with one attached hydrogen (secondary N) is 1. The highest BCUT2D eigenvalue weighted by Gasteiger charge is 2.35. The van der Waals surface area contributed by atoms with Crippen LogP contribution in [-0.2, 0) is 5.41 Å². The molecule has 8 aromatic carbocycles. The zero-order chi connectivity index (χ0) is 40.0. The molecule has 9 aromatic rings. The molecule has 12 rings (SSSR count). The van der Waals surface area contributed by atoms with E-state index in [1.165, 1.54) is 77.2 Å². The van der Waals surface area contributed by atoms with Crippen molar-refractivity contribution in [2.24, 2.45) is 4.99 Å². The van der Waals surface area contributed by atoms with Crippen molar-refractivity contribution in [2.45, 2.75) is 25.3 Å². The molecule has 0 amide bonds. The Hall–Kier alpha value is -7.49. The standard InChI is InChI=1S/C57H41N3/c1-57(2)50-22-8-5-16-45(50)46-34-33-41(35-51(46)57)36-25-27-39(28-26-36)44-20-12-21-48-47-17-7-10-24-53(47)60(55(44)48)56-58-52-23-9-6-18-49(52)54(59-56)40-31-29-38(30-32-40)43-19-11-14-37-13-3-4-15-42(37)43/h3-35,52H,1-2H3,(H,58,59). The van der Waals surface area contributed by atoms with Crippen LogP contribution in [0, 0.1) is 0 Å². The van der Waals surface area contributed by atoms with Gasteiger partial charge in [0.2, 0.25) is 5.96 Å². The molecule has 3 nitrogen and oxygen atoms in total. The fourth-order valence-electron chi connectivity index (χ4n) is 10.1. The fraction of sp³-hybridized carbons (Fsp3) is 0.0702.